The van der Waals surface area contributed by atoms with Crippen LogP contribution in [-0.2, 0) is 16.1 Å². The van der Waals surface area contributed by atoms with Gasteiger partial charge in [-0.25, -0.2) is 4.79 Å². The minimum Gasteiger partial charge on any atom is -0.496 e. The molecule has 7 nitrogen and oxygen atoms in total. The molecule has 0 radical (unpaired) electrons. The van der Waals surface area contributed by atoms with Crippen molar-refractivity contribution in [2.24, 2.45) is 0 Å². The van der Waals surface area contributed by atoms with Crippen molar-refractivity contribution in [3.05, 3.63) is 65.4 Å². The molecule has 0 aliphatic carbocycles. The standard InChI is InChI=1S/C22H23N3O4/c1-28-20-14-18(24-9-11-29-12-10-24)8-7-17(20)13-19-21(26)25(22(27)23-19)15-16-5-3-2-4-6-16/h2-8,13-14H,9-12,15H2,1H3,(H,23,27)/b19-13-. The zero-order chi connectivity index (χ0) is 20.2. The molecule has 7 heteroatoms. The third-order valence-corrected chi connectivity index (χ3v) is 5.04. The Bertz CT molecular complexity index is 936. The number of hydrogen-bond donors (Lipinski definition) is 1. The number of carbonyl (C=O) groups is 2. The summed E-state index contributed by atoms with van der Waals surface area (Å²) in [5.41, 5.74) is 2.91. The number of carbonyl (C=O) groups excluding carboxylic acids is 2. The molecule has 4 rings (SSSR count). The van der Waals surface area contributed by atoms with Gasteiger partial charge in [0, 0.05) is 30.4 Å². The maximum atomic E-state index is 12.7. The summed E-state index contributed by atoms with van der Waals surface area (Å²) in [5.74, 6) is 0.295. The minimum absolute atomic E-state index is 0.232. The zero-order valence-corrected chi connectivity index (χ0v) is 16.3. The molecule has 2 aromatic carbocycles. The van der Waals surface area contributed by atoms with E-state index >= 15 is 0 Å². The van der Waals surface area contributed by atoms with E-state index in [4.69, 9.17) is 9.47 Å². The summed E-state index contributed by atoms with van der Waals surface area (Å²) in [7, 11) is 1.59. The molecule has 3 amide bonds. The van der Waals surface area contributed by atoms with E-state index in [2.05, 4.69) is 10.2 Å². The van der Waals surface area contributed by atoms with Crippen LogP contribution in [0.3, 0.4) is 0 Å². The van der Waals surface area contributed by atoms with Gasteiger partial charge in [0.05, 0.1) is 26.9 Å². The second-order valence-electron chi connectivity index (χ2n) is 6.89. The van der Waals surface area contributed by atoms with Crippen LogP contribution in [0.5, 0.6) is 5.75 Å². The molecule has 0 atom stereocenters. The number of nitrogens with zero attached hydrogens (tertiary/aromatic N) is 2. The molecule has 29 heavy (non-hydrogen) atoms. The van der Waals surface area contributed by atoms with Crippen LogP contribution in [0.4, 0.5) is 10.5 Å². The number of imide groups is 1. The van der Waals surface area contributed by atoms with Crippen molar-refractivity contribution < 1.29 is 19.1 Å². The Morgan fingerprint density at radius 1 is 1.10 bits per heavy atom. The first-order valence-corrected chi connectivity index (χ1v) is 9.55. The Morgan fingerprint density at radius 2 is 1.86 bits per heavy atom. The van der Waals surface area contributed by atoms with Gasteiger partial charge in [-0.05, 0) is 23.8 Å². The fraction of sp³-hybridized carbons (Fsp3) is 0.273. The Kier molecular flexibility index (Phi) is 5.48. The lowest BCUT2D eigenvalue weighted by atomic mass is 10.1. The van der Waals surface area contributed by atoms with Crippen LogP contribution in [0.2, 0.25) is 0 Å². The molecule has 2 aliphatic rings. The summed E-state index contributed by atoms with van der Waals surface area (Å²) in [6.07, 6.45) is 1.66. The lowest BCUT2D eigenvalue weighted by Crippen LogP contribution is -2.36. The predicted molar refractivity (Wildman–Crippen MR) is 110 cm³/mol. The van der Waals surface area contributed by atoms with Crippen LogP contribution in [0, 0.1) is 0 Å². The van der Waals surface area contributed by atoms with Crippen molar-refractivity contribution in [1.29, 1.82) is 0 Å². The van der Waals surface area contributed by atoms with E-state index in [1.165, 1.54) is 4.90 Å². The number of rotatable bonds is 5. The first kappa shape index (κ1) is 19.0. The Hall–Kier alpha value is -3.32. The number of amides is 3. The lowest BCUT2D eigenvalue weighted by Gasteiger charge is -2.29. The van der Waals surface area contributed by atoms with Crippen molar-refractivity contribution in [3.63, 3.8) is 0 Å². The summed E-state index contributed by atoms with van der Waals surface area (Å²) >= 11 is 0. The summed E-state index contributed by atoms with van der Waals surface area (Å²) in [4.78, 5) is 28.5. The topological polar surface area (TPSA) is 71.1 Å². The molecule has 2 aromatic rings. The molecule has 0 saturated carbocycles. The third kappa shape index (κ3) is 4.09. The van der Waals surface area contributed by atoms with Crippen molar-refractivity contribution >= 4 is 23.7 Å². The second-order valence-corrected chi connectivity index (χ2v) is 6.89. The molecule has 2 saturated heterocycles. The van der Waals surface area contributed by atoms with E-state index in [9.17, 15) is 9.59 Å². The van der Waals surface area contributed by atoms with Crippen molar-refractivity contribution in [2.75, 3.05) is 38.3 Å². The average molecular weight is 393 g/mol. The van der Waals surface area contributed by atoms with Crippen molar-refractivity contribution in [3.8, 4) is 5.75 Å². The first-order valence-electron chi connectivity index (χ1n) is 9.55. The Balaban J connectivity index is 1.55. The predicted octanol–water partition coefficient (Wildman–Crippen LogP) is 2.62. The molecule has 2 aliphatic heterocycles. The normalized spacial score (nSPS) is 18.3. The van der Waals surface area contributed by atoms with Gasteiger partial charge in [-0.2, -0.15) is 0 Å². The SMILES string of the molecule is COc1cc(N2CCOCC2)ccc1/C=C1\NC(=O)N(Cc2ccccc2)C1=O. The molecule has 0 spiro atoms. The average Bonchev–Trinajstić information content (AvgIpc) is 3.03. The monoisotopic (exact) mass is 393 g/mol. The highest BCUT2D eigenvalue weighted by molar-refractivity contribution is 6.14. The number of ether oxygens (including phenoxy) is 2. The highest BCUT2D eigenvalue weighted by Gasteiger charge is 2.33. The molecular formula is C22H23N3O4. The maximum absolute atomic E-state index is 12.7. The summed E-state index contributed by atoms with van der Waals surface area (Å²) in [6.45, 7) is 3.28. The van der Waals surface area contributed by atoms with E-state index in [1.54, 1.807) is 13.2 Å². The summed E-state index contributed by atoms with van der Waals surface area (Å²) in [6, 6.07) is 14.8. The van der Waals surface area contributed by atoms with Gasteiger partial charge in [0.15, 0.2) is 0 Å². The minimum atomic E-state index is -0.422. The second kappa shape index (κ2) is 8.36. The molecular weight excluding hydrogens is 370 g/mol. The van der Waals surface area contributed by atoms with Crippen LogP contribution < -0.4 is 15.0 Å². The van der Waals surface area contributed by atoms with Crippen LogP contribution in [0.1, 0.15) is 11.1 Å². The van der Waals surface area contributed by atoms with Gasteiger partial charge in [0.2, 0.25) is 0 Å². The summed E-state index contributed by atoms with van der Waals surface area (Å²) < 4.78 is 10.9. The van der Waals surface area contributed by atoms with Gasteiger partial charge >= 0.3 is 6.03 Å². The van der Waals surface area contributed by atoms with Gasteiger partial charge in [-0.3, -0.25) is 9.69 Å². The fourth-order valence-electron chi connectivity index (χ4n) is 3.47. The van der Waals surface area contributed by atoms with E-state index in [0.29, 0.717) is 19.0 Å². The molecule has 0 aromatic heterocycles. The molecule has 1 N–H and O–H groups in total. The van der Waals surface area contributed by atoms with Gasteiger partial charge in [0.1, 0.15) is 11.4 Å². The quantitative estimate of drug-likeness (QED) is 0.625. The number of morpholine rings is 1. The van der Waals surface area contributed by atoms with Gasteiger partial charge in [0.25, 0.3) is 5.91 Å². The third-order valence-electron chi connectivity index (χ3n) is 5.04. The highest BCUT2D eigenvalue weighted by Crippen LogP contribution is 2.29. The molecule has 0 unspecified atom stereocenters. The maximum Gasteiger partial charge on any atom is 0.329 e. The van der Waals surface area contributed by atoms with E-state index in [-0.39, 0.29) is 18.1 Å². The van der Waals surface area contributed by atoms with Crippen LogP contribution in [-0.4, -0.2) is 50.3 Å². The van der Waals surface area contributed by atoms with E-state index in [0.717, 1.165) is 29.9 Å². The van der Waals surface area contributed by atoms with Crippen LogP contribution in [0.25, 0.3) is 6.08 Å². The first-order chi connectivity index (χ1) is 14.2. The molecule has 2 heterocycles. The smallest absolute Gasteiger partial charge is 0.329 e. The van der Waals surface area contributed by atoms with Crippen LogP contribution >= 0.6 is 0 Å². The van der Waals surface area contributed by atoms with Gasteiger partial charge < -0.3 is 19.7 Å². The van der Waals surface area contributed by atoms with Crippen molar-refractivity contribution in [2.45, 2.75) is 6.54 Å². The van der Waals surface area contributed by atoms with Gasteiger partial charge in [-0.15, -0.1) is 0 Å². The summed E-state index contributed by atoms with van der Waals surface area (Å²) in [5, 5.41) is 2.67. The van der Waals surface area contributed by atoms with E-state index < -0.39 is 6.03 Å². The highest BCUT2D eigenvalue weighted by atomic mass is 16.5. The number of hydrogen-bond acceptors (Lipinski definition) is 5. The Morgan fingerprint density at radius 3 is 2.59 bits per heavy atom. The molecule has 150 valence electrons. The number of urea groups is 1. The van der Waals surface area contributed by atoms with Crippen LogP contribution in [0.15, 0.2) is 54.2 Å². The fourth-order valence-corrected chi connectivity index (χ4v) is 3.47. The number of anilines is 1. The van der Waals surface area contributed by atoms with Crippen molar-refractivity contribution in [1.82, 2.24) is 10.2 Å². The lowest BCUT2D eigenvalue weighted by molar-refractivity contribution is -0.123. The number of methoxy groups -OCH3 is 1. The number of benzene rings is 2. The molecule has 2 fully saturated rings. The molecule has 0 bridgehead atoms. The van der Waals surface area contributed by atoms with Gasteiger partial charge in [-0.1, -0.05) is 30.3 Å². The van der Waals surface area contributed by atoms with E-state index in [1.807, 2.05) is 48.5 Å². The zero-order valence-electron chi connectivity index (χ0n) is 16.3. The Labute approximate surface area is 169 Å². The number of nitrogens with one attached hydrogen (secondary N) is 1. The largest absolute Gasteiger partial charge is 0.496 e.